The molecule has 2 saturated heterocycles. The molecule has 3 aromatic heterocycles. The molecule has 3 unspecified atom stereocenters. The Labute approximate surface area is 336 Å². The maximum absolute atomic E-state index is 13.6. The quantitative estimate of drug-likeness (QED) is 0.125. The van der Waals surface area contributed by atoms with Crippen molar-refractivity contribution in [2.75, 3.05) is 65.3 Å². The number of piperidine rings is 1. The van der Waals surface area contributed by atoms with Crippen LogP contribution in [0.1, 0.15) is 75.4 Å². The first-order valence-corrected chi connectivity index (χ1v) is 21.4. The maximum Gasteiger partial charge on any atom is 0.329 e. The van der Waals surface area contributed by atoms with Crippen LogP contribution in [0.5, 0.6) is 0 Å². The number of amides is 1. The van der Waals surface area contributed by atoms with E-state index in [0.29, 0.717) is 43.4 Å². The second kappa shape index (κ2) is 18.6. The molecule has 16 nitrogen and oxygen atoms in total. The number of para-hydroxylation sites is 1. The molecule has 0 spiro atoms. The number of pyridine rings is 1. The molecule has 0 radical (unpaired) electrons. The Morgan fingerprint density at radius 1 is 1.12 bits per heavy atom. The number of benzene rings is 1. The summed E-state index contributed by atoms with van der Waals surface area (Å²) in [6.45, 7) is 4.88. The number of ether oxygens (including phenoxy) is 1. The number of nitrogens with zero attached hydrogens (tertiary/aromatic N) is 8. The number of carbonyl (C=O) groups excluding carboxylic acids is 2. The minimum absolute atomic E-state index is 0.0130. The summed E-state index contributed by atoms with van der Waals surface area (Å²) in [6, 6.07) is 8.83. The molecule has 2 N–H and O–H groups in total. The van der Waals surface area contributed by atoms with Crippen molar-refractivity contribution < 1.29 is 18.9 Å². The maximum atomic E-state index is 13.6. The Morgan fingerprint density at radius 3 is 2.67 bits per heavy atom. The summed E-state index contributed by atoms with van der Waals surface area (Å²) in [7, 11) is 5.17. The molecule has 1 aliphatic carbocycles. The lowest BCUT2D eigenvalue weighted by atomic mass is 10.1. The topological polar surface area (TPSA) is 175 Å². The summed E-state index contributed by atoms with van der Waals surface area (Å²) < 4.78 is 28.6. The Hall–Kier alpha value is -4.13. The molecule has 1 saturated carbocycles. The SMILES string of the molecule is CNC(=O)CCC(C=O)n1c(=O)n(C)c2c(CCCN3CCOC(CN(C)[S+]([O-])N4CCC(Nc5ncc6ccc(=O)n(C7CCCC7)c6n5)CC4)C3)cccc21. The first kappa shape index (κ1) is 41.0. The fourth-order valence-electron chi connectivity index (χ4n) is 8.80. The average molecular weight is 805 g/mol. The fourth-order valence-corrected chi connectivity index (χ4v) is 10.0. The van der Waals surface area contributed by atoms with Gasteiger partial charge in [-0.3, -0.25) is 28.2 Å². The van der Waals surface area contributed by atoms with E-state index in [4.69, 9.17) is 9.72 Å². The van der Waals surface area contributed by atoms with Crippen LogP contribution in [0, 0.1) is 0 Å². The highest BCUT2D eigenvalue weighted by Crippen LogP contribution is 2.31. The van der Waals surface area contributed by atoms with E-state index in [1.165, 1.54) is 4.57 Å². The smallest absolute Gasteiger partial charge is 0.329 e. The Morgan fingerprint density at radius 2 is 1.91 bits per heavy atom. The third-order valence-electron chi connectivity index (χ3n) is 11.9. The van der Waals surface area contributed by atoms with Crippen LogP contribution >= 0.6 is 0 Å². The summed E-state index contributed by atoms with van der Waals surface area (Å²) in [4.78, 5) is 61.8. The van der Waals surface area contributed by atoms with Crippen LogP contribution in [0.25, 0.3) is 22.1 Å². The monoisotopic (exact) mass is 804 g/mol. The van der Waals surface area contributed by atoms with E-state index >= 15 is 0 Å². The van der Waals surface area contributed by atoms with Crippen molar-refractivity contribution in [3.05, 3.63) is 62.9 Å². The van der Waals surface area contributed by atoms with Crippen LogP contribution in [-0.4, -0.2) is 126 Å². The number of morpholine rings is 1. The summed E-state index contributed by atoms with van der Waals surface area (Å²) in [5.41, 5.74) is 2.95. The Bertz CT molecular complexity index is 2140. The highest BCUT2D eigenvalue weighted by atomic mass is 32.2. The number of aryl methyl sites for hydroxylation is 2. The number of hydrogen-bond donors (Lipinski definition) is 2. The second-order valence-electron chi connectivity index (χ2n) is 15.6. The van der Waals surface area contributed by atoms with Crippen molar-refractivity contribution in [2.24, 2.45) is 7.05 Å². The lowest BCUT2D eigenvalue weighted by molar-refractivity contribution is -0.121. The standard InChI is InChI=1S/C40H56N10O6S/c1-41-35(52)15-14-32(27-51)49-34-12-6-8-28(37(34)46(3)40(49)54)9-7-19-47-22-23-56-33(26-47)25-45(2)57(55)48-20-17-30(18-21-48)43-39-42-24-29-13-16-36(53)50(38(29)44-39)31-10-4-5-11-31/h6,8,12-13,16,24,27,30-33H,4-5,7,9-11,14-15,17-23,25-26H2,1-3H3,(H,41,52)(H,42,43,44). The molecular weight excluding hydrogens is 749 g/mol. The zero-order valence-corrected chi connectivity index (χ0v) is 34.1. The summed E-state index contributed by atoms with van der Waals surface area (Å²) in [5.74, 6) is 0.351. The molecular formula is C40H56N10O6S. The molecule has 5 heterocycles. The molecule has 3 aliphatic rings. The van der Waals surface area contributed by atoms with Crippen LogP contribution in [0.15, 0.2) is 46.1 Å². The second-order valence-corrected chi connectivity index (χ2v) is 17.3. The number of hydrogen-bond acceptors (Lipinski definition) is 12. The first-order valence-electron chi connectivity index (χ1n) is 20.4. The average Bonchev–Trinajstić information content (AvgIpc) is 3.84. The number of fused-ring (bicyclic) bond motifs is 2. The van der Waals surface area contributed by atoms with Crippen molar-refractivity contribution in [1.29, 1.82) is 0 Å². The van der Waals surface area contributed by atoms with Crippen molar-refractivity contribution in [3.63, 3.8) is 0 Å². The fraction of sp³-hybridized carbons (Fsp3) is 0.600. The minimum atomic E-state index is -1.31. The van der Waals surface area contributed by atoms with Gasteiger partial charge in [0.2, 0.25) is 11.9 Å². The van der Waals surface area contributed by atoms with Gasteiger partial charge in [-0.1, -0.05) is 25.0 Å². The number of aromatic nitrogens is 5. The van der Waals surface area contributed by atoms with Crippen LogP contribution in [0.2, 0.25) is 0 Å². The van der Waals surface area contributed by atoms with Gasteiger partial charge in [0.05, 0.1) is 36.3 Å². The molecule has 308 valence electrons. The predicted octanol–water partition coefficient (Wildman–Crippen LogP) is 2.55. The molecule has 1 amide bonds. The number of imidazole rings is 1. The van der Waals surface area contributed by atoms with E-state index in [0.717, 1.165) is 93.8 Å². The van der Waals surface area contributed by atoms with Crippen LogP contribution in [-0.2, 0) is 39.3 Å². The van der Waals surface area contributed by atoms with Gasteiger partial charge in [0, 0.05) is 83.5 Å². The normalized spacial score (nSPS) is 20.1. The number of nitrogens with one attached hydrogen (secondary N) is 2. The third-order valence-corrected chi connectivity index (χ3v) is 13.3. The molecule has 2 aliphatic heterocycles. The van der Waals surface area contributed by atoms with Gasteiger partial charge >= 0.3 is 5.69 Å². The number of likely N-dealkylation sites (N-methyl/N-ethyl adjacent to an activating group) is 1. The lowest BCUT2D eigenvalue weighted by Gasteiger charge is -2.37. The van der Waals surface area contributed by atoms with Gasteiger partial charge in [0.15, 0.2) is 0 Å². The highest BCUT2D eigenvalue weighted by molar-refractivity contribution is 7.86. The van der Waals surface area contributed by atoms with Gasteiger partial charge in [-0.2, -0.15) is 4.98 Å². The molecule has 57 heavy (non-hydrogen) atoms. The molecule has 0 bridgehead atoms. The van der Waals surface area contributed by atoms with Crippen molar-refractivity contribution in [3.8, 4) is 0 Å². The van der Waals surface area contributed by atoms with Gasteiger partial charge < -0.3 is 24.7 Å². The van der Waals surface area contributed by atoms with Gasteiger partial charge in [-0.25, -0.2) is 9.78 Å². The van der Waals surface area contributed by atoms with Crippen LogP contribution < -0.4 is 21.9 Å². The van der Waals surface area contributed by atoms with E-state index in [9.17, 15) is 23.7 Å². The number of anilines is 1. The van der Waals surface area contributed by atoms with Crippen LogP contribution in [0.4, 0.5) is 5.95 Å². The molecule has 3 fully saturated rings. The zero-order valence-electron chi connectivity index (χ0n) is 33.3. The highest BCUT2D eigenvalue weighted by Gasteiger charge is 2.33. The largest absolute Gasteiger partial charge is 0.578 e. The van der Waals surface area contributed by atoms with Crippen molar-refractivity contribution in [2.45, 2.75) is 88.4 Å². The minimum Gasteiger partial charge on any atom is -0.578 e. The molecule has 17 heteroatoms. The van der Waals surface area contributed by atoms with E-state index < -0.39 is 17.6 Å². The van der Waals surface area contributed by atoms with Gasteiger partial charge in [-0.05, 0) is 69.2 Å². The van der Waals surface area contributed by atoms with Gasteiger partial charge in [0.25, 0.3) is 5.56 Å². The third kappa shape index (κ3) is 9.29. The summed E-state index contributed by atoms with van der Waals surface area (Å²) >= 11 is -1.31. The van der Waals surface area contributed by atoms with Crippen LogP contribution in [0.3, 0.4) is 0 Å². The van der Waals surface area contributed by atoms with Crippen molar-refractivity contribution >= 4 is 51.8 Å². The van der Waals surface area contributed by atoms with E-state index in [1.807, 2.05) is 38.4 Å². The van der Waals surface area contributed by atoms with E-state index in [2.05, 4.69) is 20.5 Å². The van der Waals surface area contributed by atoms with Crippen molar-refractivity contribution in [1.82, 2.24) is 42.5 Å². The summed E-state index contributed by atoms with van der Waals surface area (Å²) in [5, 5.41) is 6.92. The van der Waals surface area contributed by atoms with Gasteiger partial charge in [-0.15, -0.1) is 8.61 Å². The number of aldehydes is 1. The van der Waals surface area contributed by atoms with E-state index in [1.54, 1.807) is 37.0 Å². The lowest BCUT2D eigenvalue weighted by Crippen LogP contribution is -2.52. The molecule has 1 aromatic carbocycles. The zero-order chi connectivity index (χ0) is 40.1. The number of rotatable bonds is 16. The number of carbonyl (C=O) groups is 2. The molecule has 7 rings (SSSR count). The van der Waals surface area contributed by atoms with E-state index in [-0.39, 0.29) is 48.2 Å². The van der Waals surface area contributed by atoms with Gasteiger partial charge in [0.1, 0.15) is 23.5 Å². The Balaban J connectivity index is 0.883. The summed E-state index contributed by atoms with van der Waals surface area (Å²) in [6.07, 6.45) is 10.3. The Kier molecular flexibility index (Phi) is 13.4. The molecule has 3 atom stereocenters. The molecule has 4 aromatic rings. The first-order chi connectivity index (χ1) is 27.6. The predicted molar refractivity (Wildman–Crippen MR) is 220 cm³/mol.